The molecule has 1 aromatic carbocycles. The quantitative estimate of drug-likeness (QED) is 0.231. The second-order valence-electron chi connectivity index (χ2n) is 3.05. The minimum absolute atomic E-state index is 0.233. The van der Waals surface area contributed by atoms with Gasteiger partial charge in [-0.3, -0.25) is 4.99 Å². The van der Waals surface area contributed by atoms with Crippen LogP contribution in [-0.2, 0) is 0 Å². The molecule has 0 heterocycles. The second kappa shape index (κ2) is 5.34. The molecular weight excluding hydrogens is 254 g/mol. The molecule has 5 N–H and O–H groups in total. The van der Waals surface area contributed by atoms with Gasteiger partial charge in [-0.15, -0.1) is 0 Å². The summed E-state index contributed by atoms with van der Waals surface area (Å²) < 4.78 is 51.6. The molecular formula is C9H9F4N5. The van der Waals surface area contributed by atoms with E-state index in [-0.39, 0.29) is 5.96 Å². The van der Waals surface area contributed by atoms with Crippen molar-refractivity contribution in [1.82, 2.24) is 0 Å². The van der Waals surface area contributed by atoms with Crippen molar-refractivity contribution >= 4 is 17.6 Å². The van der Waals surface area contributed by atoms with Gasteiger partial charge in [-0.25, -0.2) is 17.6 Å². The van der Waals surface area contributed by atoms with Crippen LogP contribution in [0.25, 0.3) is 0 Å². The van der Waals surface area contributed by atoms with E-state index >= 15 is 0 Å². The van der Waals surface area contributed by atoms with Crippen LogP contribution in [0.4, 0.5) is 23.2 Å². The lowest BCUT2D eigenvalue weighted by Crippen LogP contribution is -2.27. The fourth-order valence-corrected chi connectivity index (χ4v) is 1.00. The number of hydrogen-bond donors (Lipinski definition) is 3. The first-order valence-electron chi connectivity index (χ1n) is 4.53. The number of benzene rings is 1. The predicted molar refractivity (Wildman–Crippen MR) is 59.1 cm³/mol. The molecule has 0 bridgehead atoms. The number of halogens is 4. The molecule has 98 valence electrons. The highest BCUT2D eigenvalue weighted by Gasteiger charge is 2.19. The van der Waals surface area contributed by atoms with Gasteiger partial charge in [0.25, 0.3) is 0 Å². The molecule has 0 amide bonds. The van der Waals surface area contributed by atoms with Crippen LogP contribution in [0.5, 0.6) is 0 Å². The summed E-state index contributed by atoms with van der Waals surface area (Å²) in [6.45, 7) is 0. The van der Waals surface area contributed by atoms with Gasteiger partial charge in [0.1, 0.15) is 0 Å². The molecule has 0 aliphatic carbocycles. The van der Waals surface area contributed by atoms with Gasteiger partial charge in [0, 0.05) is 13.1 Å². The normalized spacial score (nSPS) is 12.7. The van der Waals surface area contributed by atoms with E-state index < -0.39 is 34.9 Å². The summed E-state index contributed by atoms with van der Waals surface area (Å²) >= 11 is 0. The SMILES string of the molecule is CN=C(N)N=C(N)Nc1cc(F)c(F)c(F)c1F. The van der Waals surface area contributed by atoms with E-state index in [0.717, 1.165) is 0 Å². The summed E-state index contributed by atoms with van der Waals surface area (Å²) in [6, 6.07) is 0.398. The second-order valence-corrected chi connectivity index (χ2v) is 3.05. The van der Waals surface area contributed by atoms with Gasteiger partial charge < -0.3 is 16.8 Å². The Kier molecular flexibility index (Phi) is 4.08. The smallest absolute Gasteiger partial charge is 0.218 e. The van der Waals surface area contributed by atoms with Crippen LogP contribution in [0.3, 0.4) is 0 Å². The Morgan fingerprint density at radius 2 is 1.72 bits per heavy atom. The van der Waals surface area contributed by atoms with E-state index in [4.69, 9.17) is 11.5 Å². The maximum Gasteiger partial charge on any atom is 0.218 e. The average Bonchev–Trinajstić information content (AvgIpc) is 2.33. The first kappa shape index (κ1) is 13.7. The van der Waals surface area contributed by atoms with Crippen LogP contribution < -0.4 is 16.8 Å². The maximum absolute atomic E-state index is 13.2. The number of guanidine groups is 2. The zero-order valence-electron chi connectivity index (χ0n) is 9.14. The highest BCUT2D eigenvalue weighted by Crippen LogP contribution is 2.22. The first-order valence-corrected chi connectivity index (χ1v) is 4.53. The summed E-state index contributed by atoms with van der Waals surface area (Å²) in [7, 11) is 1.32. The van der Waals surface area contributed by atoms with Crippen molar-refractivity contribution in [3.63, 3.8) is 0 Å². The highest BCUT2D eigenvalue weighted by molar-refractivity contribution is 6.00. The van der Waals surface area contributed by atoms with E-state index in [1.807, 2.05) is 5.32 Å². The Hall–Kier alpha value is -2.32. The van der Waals surface area contributed by atoms with Gasteiger partial charge >= 0.3 is 0 Å². The molecule has 1 aromatic rings. The molecule has 0 spiro atoms. The Bertz CT molecular complexity index is 526. The number of nitrogens with two attached hydrogens (primary N) is 2. The van der Waals surface area contributed by atoms with Gasteiger partial charge in [0.2, 0.25) is 11.9 Å². The molecule has 0 saturated heterocycles. The zero-order valence-corrected chi connectivity index (χ0v) is 9.14. The van der Waals surface area contributed by atoms with Gasteiger partial charge in [-0.05, 0) is 0 Å². The molecule has 9 heteroatoms. The van der Waals surface area contributed by atoms with Crippen LogP contribution in [0, 0.1) is 23.3 Å². The topological polar surface area (TPSA) is 88.8 Å². The fraction of sp³-hybridized carbons (Fsp3) is 0.111. The number of nitrogens with one attached hydrogen (secondary N) is 1. The molecule has 0 atom stereocenters. The van der Waals surface area contributed by atoms with Crippen LogP contribution >= 0.6 is 0 Å². The Labute approximate surface area is 99.2 Å². The predicted octanol–water partition coefficient (Wildman–Crippen LogP) is 0.914. The third kappa shape index (κ3) is 2.87. The standard InChI is InChI=1S/C9H9F4N5/c1-16-8(14)18-9(15)17-4-2-3(10)5(11)7(13)6(4)12/h2H,1H3,(H5,14,15,16,17,18). The van der Waals surface area contributed by atoms with Crippen LogP contribution in [-0.4, -0.2) is 19.0 Å². The molecule has 0 fully saturated rings. The molecule has 18 heavy (non-hydrogen) atoms. The summed E-state index contributed by atoms with van der Waals surface area (Å²) in [5.41, 5.74) is 9.74. The van der Waals surface area contributed by atoms with Gasteiger partial charge in [0.05, 0.1) is 5.69 Å². The van der Waals surface area contributed by atoms with Crippen molar-refractivity contribution in [2.45, 2.75) is 0 Å². The van der Waals surface area contributed by atoms with Gasteiger partial charge in [0.15, 0.2) is 23.3 Å². The van der Waals surface area contributed by atoms with Crippen molar-refractivity contribution < 1.29 is 17.6 Å². The molecule has 0 aromatic heterocycles. The zero-order chi connectivity index (χ0) is 13.9. The number of rotatable bonds is 1. The molecule has 5 nitrogen and oxygen atoms in total. The van der Waals surface area contributed by atoms with Crippen molar-refractivity contribution in [2.75, 3.05) is 12.4 Å². The number of nitrogens with zero attached hydrogens (tertiary/aromatic N) is 2. The van der Waals surface area contributed by atoms with Gasteiger partial charge in [-0.1, -0.05) is 0 Å². The first-order chi connectivity index (χ1) is 8.36. The van der Waals surface area contributed by atoms with Gasteiger partial charge in [-0.2, -0.15) is 4.99 Å². The Balaban J connectivity index is 3.10. The van der Waals surface area contributed by atoms with Crippen molar-refractivity contribution in [1.29, 1.82) is 0 Å². The van der Waals surface area contributed by atoms with Crippen molar-refractivity contribution in [3.05, 3.63) is 29.3 Å². The summed E-state index contributed by atoms with van der Waals surface area (Å²) in [5, 5.41) is 2.03. The third-order valence-electron chi connectivity index (χ3n) is 1.83. The lowest BCUT2D eigenvalue weighted by Gasteiger charge is -2.08. The molecule has 0 aliphatic heterocycles. The Morgan fingerprint density at radius 3 is 2.28 bits per heavy atom. The van der Waals surface area contributed by atoms with E-state index in [1.165, 1.54) is 7.05 Å². The molecule has 0 unspecified atom stereocenters. The Morgan fingerprint density at radius 1 is 1.11 bits per heavy atom. The lowest BCUT2D eigenvalue weighted by molar-refractivity contribution is 0.411. The number of aliphatic imine (C=N–C) groups is 2. The molecule has 0 aliphatic rings. The molecule has 1 rings (SSSR count). The largest absolute Gasteiger partial charge is 0.369 e. The van der Waals surface area contributed by atoms with Crippen molar-refractivity contribution in [2.24, 2.45) is 21.5 Å². The van der Waals surface area contributed by atoms with Crippen LogP contribution in [0.15, 0.2) is 16.1 Å². The summed E-state index contributed by atoms with van der Waals surface area (Å²) in [6.07, 6.45) is 0. The van der Waals surface area contributed by atoms with E-state index in [2.05, 4.69) is 9.98 Å². The van der Waals surface area contributed by atoms with Crippen LogP contribution in [0.1, 0.15) is 0 Å². The summed E-state index contributed by atoms with van der Waals surface area (Å²) in [5.74, 6) is -7.75. The molecule has 0 saturated carbocycles. The minimum Gasteiger partial charge on any atom is -0.369 e. The third-order valence-corrected chi connectivity index (χ3v) is 1.83. The van der Waals surface area contributed by atoms with Crippen LogP contribution in [0.2, 0.25) is 0 Å². The maximum atomic E-state index is 13.2. The lowest BCUT2D eigenvalue weighted by atomic mass is 10.2. The number of hydrogen-bond acceptors (Lipinski definition) is 1. The minimum atomic E-state index is -1.96. The number of anilines is 1. The average molecular weight is 263 g/mol. The van der Waals surface area contributed by atoms with E-state index in [0.29, 0.717) is 6.07 Å². The molecule has 0 radical (unpaired) electrons. The highest BCUT2D eigenvalue weighted by atomic mass is 19.2. The summed E-state index contributed by atoms with van der Waals surface area (Å²) in [4.78, 5) is 6.85. The van der Waals surface area contributed by atoms with E-state index in [9.17, 15) is 17.6 Å². The van der Waals surface area contributed by atoms with Crippen molar-refractivity contribution in [3.8, 4) is 0 Å². The van der Waals surface area contributed by atoms with E-state index in [1.54, 1.807) is 0 Å². The fourth-order valence-electron chi connectivity index (χ4n) is 1.00. The monoisotopic (exact) mass is 263 g/mol.